The molecule has 1 aromatic rings. The summed E-state index contributed by atoms with van der Waals surface area (Å²) in [5.74, 6) is 1.30. The van der Waals surface area contributed by atoms with Gasteiger partial charge in [-0.05, 0) is 43.2 Å². The SMILES string of the molecule is CCNC(=NCC(C)c1ccsc1)N(C)CC(=O)N(CC)CC. The summed E-state index contributed by atoms with van der Waals surface area (Å²) in [6.45, 7) is 11.6. The summed E-state index contributed by atoms with van der Waals surface area (Å²) in [6, 6.07) is 2.14. The van der Waals surface area contributed by atoms with Crippen LogP contribution >= 0.6 is 11.3 Å². The molecule has 23 heavy (non-hydrogen) atoms. The number of thiophene rings is 1. The molecule has 1 amide bonds. The Balaban J connectivity index is 2.68. The molecule has 6 heteroatoms. The van der Waals surface area contributed by atoms with Crippen LogP contribution in [0.25, 0.3) is 0 Å². The van der Waals surface area contributed by atoms with Gasteiger partial charge < -0.3 is 15.1 Å². The van der Waals surface area contributed by atoms with E-state index in [0.29, 0.717) is 19.0 Å². The lowest BCUT2D eigenvalue weighted by molar-refractivity contribution is -0.131. The molecule has 0 saturated heterocycles. The number of carbonyl (C=O) groups excluding carboxylic acids is 1. The van der Waals surface area contributed by atoms with Crippen LogP contribution in [0.2, 0.25) is 0 Å². The van der Waals surface area contributed by atoms with Gasteiger partial charge in [-0.1, -0.05) is 6.92 Å². The van der Waals surface area contributed by atoms with E-state index in [1.165, 1.54) is 5.56 Å². The predicted octanol–water partition coefficient (Wildman–Crippen LogP) is 2.62. The highest BCUT2D eigenvalue weighted by Gasteiger charge is 2.15. The largest absolute Gasteiger partial charge is 0.357 e. The van der Waals surface area contributed by atoms with E-state index in [1.54, 1.807) is 11.3 Å². The van der Waals surface area contributed by atoms with Gasteiger partial charge in [-0.2, -0.15) is 11.3 Å². The molecule has 5 nitrogen and oxygen atoms in total. The van der Waals surface area contributed by atoms with Crippen LogP contribution in [0.5, 0.6) is 0 Å². The molecule has 130 valence electrons. The van der Waals surface area contributed by atoms with E-state index >= 15 is 0 Å². The van der Waals surface area contributed by atoms with E-state index in [1.807, 2.05) is 37.6 Å². The lowest BCUT2D eigenvalue weighted by atomic mass is 10.1. The maximum atomic E-state index is 12.3. The third-order valence-electron chi connectivity index (χ3n) is 3.81. The van der Waals surface area contributed by atoms with Crippen molar-refractivity contribution in [3.8, 4) is 0 Å². The third-order valence-corrected chi connectivity index (χ3v) is 4.51. The minimum Gasteiger partial charge on any atom is -0.357 e. The zero-order valence-electron chi connectivity index (χ0n) is 15.0. The van der Waals surface area contributed by atoms with Crippen LogP contribution in [0, 0.1) is 0 Å². The van der Waals surface area contributed by atoms with Gasteiger partial charge in [-0.3, -0.25) is 9.79 Å². The lowest BCUT2D eigenvalue weighted by Gasteiger charge is -2.26. The molecule has 1 N–H and O–H groups in total. The Morgan fingerprint density at radius 3 is 2.57 bits per heavy atom. The van der Waals surface area contributed by atoms with Gasteiger partial charge in [0.15, 0.2) is 5.96 Å². The van der Waals surface area contributed by atoms with Crippen molar-refractivity contribution in [3.05, 3.63) is 22.4 Å². The number of nitrogens with one attached hydrogen (secondary N) is 1. The number of guanidine groups is 1. The Morgan fingerprint density at radius 2 is 2.04 bits per heavy atom. The van der Waals surface area contributed by atoms with Gasteiger partial charge in [0.1, 0.15) is 0 Å². The Bertz CT molecular complexity index is 483. The Kier molecular flexibility index (Phi) is 8.69. The number of amides is 1. The Labute approximate surface area is 144 Å². The van der Waals surface area contributed by atoms with E-state index in [2.05, 4.69) is 29.1 Å². The molecule has 0 aliphatic heterocycles. The Hall–Kier alpha value is -1.56. The lowest BCUT2D eigenvalue weighted by Crippen LogP contribution is -2.45. The van der Waals surface area contributed by atoms with Crippen molar-refractivity contribution in [3.63, 3.8) is 0 Å². The average Bonchev–Trinajstić information content (AvgIpc) is 3.06. The van der Waals surface area contributed by atoms with E-state index in [4.69, 9.17) is 4.99 Å². The van der Waals surface area contributed by atoms with Crippen LogP contribution in [0.4, 0.5) is 0 Å². The van der Waals surface area contributed by atoms with Gasteiger partial charge in [-0.25, -0.2) is 0 Å². The second-order valence-corrected chi connectivity index (χ2v) is 6.35. The smallest absolute Gasteiger partial charge is 0.242 e. The van der Waals surface area contributed by atoms with Gasteiger partial charge in [-0.15, -0.1) is 0 Å². The van der Waals surface area contributed by atoms with Crippen LogP contribution in [0.1, 0.15) is 39.2 Å². The van der Waals surface area contributed by atoms with Gasteiger partial charge in [0.2, 0.25) is 5.91 Å². The second kappa shape index (κ2) is 10.3. The number of carbonyl (C=O) groups is 1. The van der Waals surface area contributed by atoms with Gasteiger partial charge in [0.05, 0.1) is 6.54 Å². The first-order chi connectivity index (χ1) is 11.0. The summed E-state index contributed by atoms with van der Waals surface area (Å²) in [5, 5.41) is 7.53. The summed E-state index contributed by atoms with van der Waals surface area (Å²) in [7, 11) is 1.91. The maximum Gasteiger partial charge on any atom is 0.242 e. The van der Waals surface area contributed by atoms with Crippen molar-refractivity contribution >= 4 is 23.2 Å². The molecule has 0 bridgehead atoms. The zero-order chi connectivity index (χ0) is 17.2. The third kappa shape index (κ3) is 6.22. The topological polar surface area (TPSA) is 47.9 Å². The number of hydrogen-bond donors (Lipinski definition) is 1. The number of likely N-dealkylation sites (N-methyl/N-ethyl adjacent to an activating group) is 2. The van der Waals surface area contributed by atoms with Crippen LogP contribution < -0.4 is 5.32 Å². The van der Waals surface area contributed by atoms with Crippen molar-refractivity contribution in [2.75, 3.05) is 39.8 Å². The molecular formula is C17H30N4OS. The number of rotatable bonds is 8. The summed E-state index contributed by atoms with van der Waals surface area (Å²) >= 11 is 1.71. The van der Waals surface area contributed by atoms with E-state index in [9.17, 15) is 4.79 Å². The van der Waals surface area contributed by atoms with E-state index < -0.39 is 0 Å². The van der Waals surface area contributed by atoms with Crippen LogP contribution in [-0.4, -0.2) is 61.4 Å². The molecule has 0 aliphatic rings. The number of aliphatic imine (C=N–C) groups is 1. The average molecular weight is 339 g/mol. The fourth-order valence-electron chi connectivity index (χ4n) is 2.31. The molecule has 1 heterocycles. The predicted molar refractivity (Wildman–Crippen MR) is 99.3 cm³/mol. The fourth-order valence-corrected chi connectivity index (χ4v) is 3.09. The van der Waals surface area contributed by atoms with Crippen molar-refractivity contribution < 1.29 is 4.79 Å². The molecule has 1 rings (SSSR count). The van der Waals surface area contributed by atoms with Gasteiger partial charge >= 0.3 is 0 Å². The van der Waals surface area contributed by atoms with E-state index in [0.717, 1.165) is 25.6 Å². The second-order valence-electron chi connectivity index (χ2n) is 5.57. The first-order valence-electron chi connectivity index (χ1n) is 8.32. The first kappa shape index (κ1) is 19.5. The van der Waals surface area contributed by atoms with Crippen molar-refractivity contribution in [1.29, 1.82) is 0 Å². The quantitative estimate of drug-likeness (QED) is 0.585. The molecule has 0 saturated carbocycles. The van der Waals surface area contributed by atoms with Crippen LogP contribution in [-0.2, 0) is 4.79 Å². The summed E-state index contributed by atoms with van der Waals surface area (Å²) in [6.07, 6.45) is 0. The summed E-state index contributed by atoms with van der Waals surface area (Å²) in [4.78, 5) is 20.7. The minimum absolute atomic E-state index is 0.133. The molecule has 0 aromatic carbocycles. The minimum atomic E-state index is 0.133. The molecule has 1 atom stereocenters. The molecule has 0 spiro atoms. The first-order valence-corrected chi connectivity index (χ1v) is 9.26. The number of nitrogens with zero attached hydrogens (tertiary/aromatic N) is 3. The molecule has 0 aliphatic carbocycles. The maximum absolute atomic E-state index is 12.3. The molecular weight excluding hydrogens is 308 g/mol. The van der Waals surface area contributed by atoms with Crippen LogP contribution in [0.15, 0.2) is 21.8 Å². The van der Waals surface area contributed by atoms with Crippen molar-refractivity contribution in [2.24, 2.45) is 4.99 Å². The monoisotopic (exact) mass is 338 g/mol. The van der Waals surface area contributed by atoms with Gasteiger partial charge in [0, 0.05) is 39.1 Å². The molecule has 0 fully saturated rings. The van der Waals surface area contributed by atoms with Crippen molar-refractivity contribution in [2.45, 2.75) is 33.6 Å². The Morgan fingerprint density at radius 1 is 1.35 bits per heavy atom. The fraction of sp³-hybridized carbons (Fsp3) is 0.647. The summed E-state index contributed by atoms with van der Waals surface area (Å²) in [5.41, 5.74) is 1.32. The van der Waals surface area contributed by atoms with Crippen molar-refractivity contribution in [1.82, 2.24) is 15.1 Å². The molecule has 0 radical (unpaired) electrons. The van der Waals surface area contributed by atoms with Crippen LogP contribution in [0.3, 0.4) is 0 Å². The highest BCUT2D eigenvalue weighted by atomic mass is 32.1. The molecule has 1 unspecified atom stereocenters. The molecule has 1 aromatic heterocycles. The van der Waals surface area contributed by atoms with Gasteiger partial charge in [0.25, 0.3) is 0 Å². The van der Waals surface area contributed by atoms with E-state index in [-0.39, 0.29) is 5.91 Å². The normalized spacial score (nSPS) is 12.8. The standard InChI is InChI=1S/C17H30N4OS/c1-6-18-17(19-11-14(4)15-9-10-23-13-15)20(5)12-16(22)21(7-2)8-3/h9-10,13-14H,6-8,11-12H2,1-5H3,(H,18,19). The highest BCUT2D eigenvalue weighted by molar-refractivity contribution is 7.07. The summed E-state index contributed by atoms with van der Waals surface area (Å²) < 4.78 is 0. The highest BCUT2D eigenvalue weighted by Crippen LogP contribution is 2.18. The number of hydrogen-bond acceptors (Lipinski definition) is 3. The zero-order valence-corrected chi connectivity index (χ0v) is 15.8.